The van der Waals surface area contributed by atoms with E-state index in [2.05, 4.69) is 34.4 Å². The third-order valence-corrected chi connectivity index (χ3v) is 12.0. The van der Waals surface area contributed by atoms with Crippen LogP contribution in [0.2, 0.25) is 0 Å². The van der Waals surface area contributed by atoms with E-state index in [-0.39, 0.29) is 66.1 Å². The van der Waals surface area contributed by atoms with Crippen LogP contribution >= 0.6 is 11.3 Å². The molecule has 1 aliphatic heterocycles. The van der Waals surface area contributed by atoms with Gasteiger partial charge in [-0.25, -0.2) is 4.98 Å². The highest BCUT2D eigenvalue weighted by Gasteiger charge is 2.39. The van der Waals surface area contributed by atoms with E-state index in [4.69, 9.17) is 9.47 Å². The van der Waals surface area contributed by atoms with Crippen molar-refractivity contribution in [3.05, 3.63) is 45.9 Å². The first kappa shape index (κ1) is 47.5. The number of rotatable bonds is 23. The molecule has 13 nitrogen and oxygen atoms in total. The number of esters is 1. The number of ether oxygens (including phenoxy) is 2. The molecule has 0 bridgehead atoms. The summed E-state index contributed by atoms with van der Waals surface area (Å²) in [5.74, 6) is -1.59. The van der Waals surface area contributed by atoms with E-state index in [1.54, 1.807) is 41.5 Å². The Hall–Kier alpha value is -3.88. The molecule has 1 fully saturated rings. The fourth-order valence-electron chi connectivity index (χ4n) is 7.10. The lowest BCUT2D eigenvalue weighted by Crippen LogP contribution is -2.59. The maximum atomic E-state index is 14.8. The Kier molecular flexibility index (Phi) is 19.6. The third kappa shape index (κ3) is 14.8. The standard InChI is InChI=1S/C43H67N5O8S/c1-10-28(5)24-55-26-48(43(54)39(30(7)11-2)46-41(53)36-14-12-13-19-47(36)9)37(27(3)4)22-38(56-31(8)50)42-45-35(25-57-42)40(52)44-33(20-29(6)23-49)21-32-15-17-34(51)18-16-32/h15-18,23,25,27-30,33,36-39,51H,10-14,19-22,24,26H2,1-9H3,(H,44,52)(H,46,53)/t28?,29-,30?,33+,36+,37?,38+,39-/m0/s1. The molecule has 1 aromatic carbocycles. The van der Waals surface area contributed by atoms with Crippen LogP contribution in [0.5, 0.6) is 5.75 Å². The van der Waals surface area contributed by atoms with Crippen LogP contribution in [0.15, 0.2) is 29.6 Å². The van der Waals surface area contributed by atoms with E-state index in [0.29, 0.717) is 30.9 Å². The number of nitrogens with one attached hydrogen (secondary N) is 2. The average molecular weight is 814 g/mol. The molecule has 3 unspecified atom stereocenters. The molecule has 0 aliphatic carbocycles. The second-order valence-corrected chi connectivity index (χ2v) is 17.2. The number of aromatic nitrogens is 1. The summed E-state index contributed by atoms with van der Waals surface area (Å²) in [6, 6.07) is 4.69. The lowest BCUT2D eigenvalue weighted by atomic mass is 9.92. The molecule has 57 heavy (non-hydrogen) atoms. The van der Waals surface area contributed by atoms with Crippen LogP contribution < -0.4 is 10.6 Å². The number of piperidine rings is 1. The molecule has 2 heterocycles. The fourth-order valence-corrected chi connectivity index (χ4v) is 7.94. The molecule has 0 radical (unpaired) electrons. The minimum atomic E-state index is -0.887. The number of hydrogen-bond donors (Lipinski definition) is 3. The van der Waals surface area contributed by atoms with Gasteiger partial charge in [0.2, 0.25) is 11.8 Å². The Bertz CT molecular complexity index is 1590. The minimum Gasteiger partial charge on any atom is -0.508 e. The lowest BCUT2D eigenvalue weighted by Gasteiger charge is -2.40. The molecule has 0 saturated carbocycles. The fraction of sp³-hybridized carbons (Fsp3) is 0.674. The number of likely N-dealkylation sites (tertiary alicyclic amines) is 1. The molecule has 3 rings (SSSR count). The highest BCUT2D eigenvalue weighted by atomic mass is 32.1. The SMILES string of the molecule is CCC(C)COCN(C(=O)[C@@H](NC(=O)[C@H]1CCCCN1C)C(C)CC)C(C[C@@H](OC(C)=O)c1nc(C(=O)N[C@@H](Cc2ccc(O)cc2)C[C@H](C)C=O)cs1)C(C)C. The van der Waals surface area contributed by atoms with Crippen LogP contribution in [0.4, 0.5) is 0 Å². The van der Waals surface area contributed by atoms with E-state index in [0.717, 1.165) is 44.1 Å². The Morgan fingerprint density at radius 3 is 2.33 bits per heavy atom. The summed E-state index contributed by atoms with van der Waals surface area (Å²) in [7, 11) is 1.94. The van der Waals surface area contributed by atoms with Gasteiger partial charge in [-0.15, -0.1) is 11.3 Å². The van der Waals surface area contributed by atoms with Crippen molar-refractivity contribution in [2.45, 2.75) is 137 Å². The normalized spacial score (nSPS) is 18.4. The van der Waals surface area contributed by atoms with Crippen LogP contribution in [0.3, 0.4) is 0 Å². The molecule has 1 aliphatic rings. The second-order valence-electron chi connectivity index (χ2n) is 16.3. The van der Waals surface area contributed by atoms with E-state index in [1.807, 2.05) is 34.7 Å². The summed E-state index contributed by atoms with van der Waals surface area (Å²) in [6.07, 6.45) is 5.26. The molecular formula is C43H67N5O8S. The molecule has 3 amide bonds. The predicted molar refractivity (Wildman–Crippen MR) is 222 cm³/mol. The number of benzene rings is 1. The van der Waals surface area contributed by atoms with Crippen LogP contribution in [-0.4, -0.2) is 101 Å². The van der Waals surface area contributed by atoms with Gasteiger partial charge in [0.1, 0.15) is 35.5 Å². The molecule has 0 spiro atoms. The number of hydrogen-bond acceptors (Lipinski definition) is 11. The van der Waals surface area contributed by atoms with Crippen molar-refractivity contribution in [1.29, 1.82) is 0 Å². The van der Waals surface area contributed by atoms with Gasteiger partial charge in [0.25, 0.3) is 5.91 Å². The van der Waals surface area contributed by atoms with Crippen LogP contribution in [0, 0.1) is 23.7 Å². The van der Waals surface area contributed by atoms with Crippen molar-refractivity contribution in [1.82, 2.24) is 25.4 Å². The Labute approximate surface area is 343 Å². The van der Waals surface area contributed by atoms with Gasteiger partial charge in [0.15, 0.2) is 6.10 Å². The summed E-state index contributed by atoms with van der Waals surface area (Å²) in [5, 5.41) is 17.9. The number of aldehydes is 1. The molecule has 3 N–H and O–H groups in total. The molecule has 318 valence electrons. The monoisotopic (exact) mass is 813 g/mol. The predicted octanol–water partition coefficient (Wildman–Crippen LogP) is 6.30. The van der Waals surface area contributed by atoms with E-state index in [9.17, 15) is 29.1 Å². The first-order valence-corrected chi connectivity index (χ1v) is 21.5. The number of phenols is 1. The van der Waals surface area contributed by atoms with Crippen LogP contribution in [0.25, 0.3) is 0 Å². The van der Waals surface area contributed by atoms with Crippen molar-refractivity contribution in [2.24, 2.45) is 23.7 Å². The molecule has 14 heteroatoms. The van der Waals surface area contributed by atoms with Crippen molar-refractivity contribution in [3.63, 3.8) is 0 Å². The van der Waals surface area contributed by atoms with Crippen molar-refractivity contribution in [3.8, 4) is 5.75 Å². The summed E-state index contributed by atoms with van der Waals surface area (Å²) in [4.78, 5) is 74.7. The zero-order chi connectivity index (χ0) is 42.2. The number of nitrogens with zero attached hydrogens (tertiary/aromatic N) is 3. The van der Waals surface area contributed by atoms with Gasteiger partial charge in [0, 0.05) is 36.7 Å². The first-order valence-electron chi connectivity index (χ1n) is 20.6. The van der Waals surface area contributed by atoms with Gasteiger partial charge < -0.3 is 34.9 Å². The smallest absolute Gasteiger partial charge is 0.303 e. The summed E-state index contributed by atoms with van der Waals surface area (Å²) >= 11 is 1.19. The summed E-state index contributed by atoms with van der Waals surface area (Å²) < 4.78 is 12.1. The Morgan fingerprint density at radius 2 is 1.74 bits per heavy atom. The lowest BCUT2D eigenvalue weighted by molar-refractivity contribution is -0.153. The number of amides is 3. The van der Waals surface area contributed by atoms with Gasteiger partial charge in [-0.1, -0.05) is 79.9 Å². The summed E-state index contributed by atoms with van der Waals surface area (Å²) in [6.45, 7) is 16.5. The number of aromatic hydroxyl groups is 1. The molecule has 1 aromatic heterocycles. The van der Waals surface area contributed by atoms with Crippen LogP contribution in [-0.2, 0) is 35.1 Å². The van der Waals surface area contributed by atoms with E-state index in [1.165, 1.54) is 18.3 Å². The maximum absolute atomic E-state index is 14.8. The van der Waals surface area contributed by atoms with Gasteiger partial charge >= 0.3 is 5.97 Å². The number of carbonyl (C=O) groups is 5. The van der Waals surface area contributed by atoms with Gasteiger partial charge in [0.05, 0.1) is 12.6 Å². The van der Waals surface area contributed by atoms with Crippen molar-refractivity contribution < 1.29 is 38.6 Å². The van der Waals surface area contributed by atoms with Crippen LogP contribution in [0.1, 0.15) is 127 Å². The third-order valence-electron chi connectivity index (χ3n) is 11.1. The first-order chi connectivity index (χ1) is 27.1. The summed E-state index contributed by atoms with van der Waals surface area (Å²) in [5.41, 5.74) is 1.02. The number of carbonyl (C=O) groups excluding carboxylic acids is 5. The molecular weight excluding hydrogens is 747 g/mol. The number of phenolic OH excluding ortho intramolecular Hbond substituents is 1. The van der Waals surface area contributed by atoms with Gasteiger partial charge in [-0.3, -0.25) is 24.1 Å². The largest absolute Gasteiger partial charge is 0.508 e. The molecule has 2 aromatic rings. The number of thiazole rings is 1. The van der Waals surface area contributed by atoms with Crippen molar-refractivity contribution in [2.75, 3.05) is 26.9 Å². The quantitative estimate of drug-likeness (QED) is 0.0659. The van der Waals surface area contributed by atoms with E-state index >= 15 is 0 Å². The topological polar surface area (TPSA) is 167 Å². The zero-order valence-corrected chi connectivity index (χ0v) is 36.3. The highest BCUT2D eigenvalue weighted by Crippen LogP contribution is 2.32. The van der Waals surface area contributed by atoms with Gasteiger partial charge in [-0.05, 0) is 74.7 Å². The zero-order valence-electron chi connectivity index (χ0n) is 35.5. The highest BCUT2D eigenvalue weighted by molar-refractivity contribution is 7.09. The Morgan fingerprint density at radius 1 is 1.04 bits per heavy atom. The maximum Gasteiger partial charge on any atom is 0.303 e. The van der Waals surface area contributed by atoms with E-state index < -0.39 is 36.1 Å². The van der Waals surface area contributed by atoms with Gasteiger partial charge in [-0.2, -0.15) is 0 Å². The molecule has 1 saturated heterocycles. The Balaban J connectivity index is 1.93. The minimum absolute atomic E-state index is 0.0158. The average Bonchev–Trinajstić information content (AvgIpc) is 3.68. The van der Waals surface area contributed by atoms with Crippen molar-refractivity contribution >= 4 is 41.3 Å². The second kappa shape index (κ2) is 23.5. The molecule has 8 atom stereocenters. The number of likely N-dealkylation sites (N-methyl/N-ethyl adjacent to an activating group) is 1.